The summed E-state index contributed by atoms with van der Waals surface area (Å²) in [6.45, 7) is 12.7. The second kappa shape index (κ2) is 8.66. The molecule has 1 aromatic heterocycles. The number of ether oxygens (including phenoxy) is 2. The van der Waals surface area contributed by atoms with Crippen LogP contribution in [0.4, 0.5) is 0 Å². The number of phenols is 1. The van der Waals surface area contributed by atoms with Gasteiger partial charge in [0.25, 0.3) is 0 Å². The van der Waals surface area contributed by atoms with Gasteiger partial charge in [-0.2, -0.15) is 11.3 Å². The lowest BCUT2D eigenvalue weighted by Crippen LogP contribution is -2.57. The number of likely N-dealkylation sites (tertiary alicyclic amines) is 1. The molecule has 1 spiro atoms. The number of hydrogen-bond acceptors (Lipinski definition) is 6. The maximum atomic E-state index is 11.5. The molecule has 5 atom stereocenters. The SMILES string of the molecule is C=C(C(OC)[C@@H]1Oc2c(O)ccc(C)c2[C@@]12CCN(CC1CC1)[C@H](C)C2)C(C)(O)c1ccsc1. The molecule has 2 aromatic rings. The van der Waals surface area contributed by atoms with Crippen LogP contribution in [-0.4, -0.2) is 53.6 Å². The Morgan fingerprint density at radius 1 is 1.38 bits per heavy atom. The lowest BCUT2D eigenvalue weighted by atomic mass is 9.64. The van der Waals surface area contributed by atoms with Crippen LogP contribution in [0.5, 0.6) is 11.5 Å². The highest BCUT2D eigenvalue weighted by atomic mass is 32.1. The second-order valence-corrected chi connectivity index (χ2v) is 11.6. The largest absolute Gasteiger partial charge is 0.504 e. The molecule has 34 heavy (non-hydrogen) atoms. The Balaban J connectivity index is 1.54. The molecular formula is C28H37NO4S. The first-order valence-corrected chi connectivity index (χ1v) is 13.3. The number of aromatic hydroxyl groups is 1. The smallest absolute Gasteiger partial charge is 0.165 e. The summed E-state index contributed by atoms with van der Waals surface area (Å²) >= 11 is 1.55. The molecule has 0 bridgehead atoms. The lowest BCUT2D eigenvalue weighted by Gasteiger charge is -2.48. The summed E-state index contributed by atoms with van der Waals surface area (Å²) in [5.74, 6) is 1.58. The highest BCUT2D eigenvalue weighted by Crippen LogP contribution is 2.57. The van der Waals surface area contributed by atoms with Gasteiger partial charge in [-0.15, -0.1) is 0 Å². The number of piperidine rings is 1. The van der Waals surface area contributed by atoms with Crippen LogP contribution in [0, 0.1) is 12.8 Å². The number of nitrogens with zero attached hydrogens (tertiary/aromatic N) is 1. The maximum Gasteiger partial charge on any atom is 0.165 e. The predicted octanol–water partition coefficient (Wildman–Crippen LogP) is 5.13. The molecule has 0 amide bonds. The van der Waals surface area contributed by atoms with Gasteiger partial charge in [0, 0.05) is 30.7 Å². The molecular weight excluding hydrogens is 446 g/mol. The fourth-order valence-corrected chi connectivity index (χ4v) is 7.06. The molecule has 2 fully saturated rings. The second-order valence-electron chi connectivity index (χ2n) is 10.8. The molecule has 6 heteroatoms. The first kappa shape index (κ1) is 23.9. The number of fused-ring (bicyclic) bond motifs is 2. The number of methoxy groups -OCH3 is 1. The van der Waals surface area contributed by atoms with Crippen molar-refractivity contribution in [1.82, 2.24) is 4.90 Å². The zero-order valence-electron chi connectivity index (χ0n) is 20.7. The standard InChI is InChI=1S/C28H37NO4S/c1-17-6-9-22(30)25-23(17)28(11-12-29(18(2)14-28)15-20-7-8-20)26(33-25)24(32-5)19(3)27(4,31)21-10-13-34-16-21/h6,9-10,13,16,18,20,24,26,30-31H,3,7-8,11-12,14-15H2,1-2,4-5H3/t18-,24?,26+,27?,28+/m1/s1. The number of aliphatic hydroxyl groups is 1. The molecule has 0 radical (unpaired) electrons. The van der Waals surface area contributed by atoms with Crippen LogP contribution in [0.25, 0.3) is 0 Å². The molecule has 184 valence electrons. The minimum atomic E-state index is -1.25. The molecule has 1 aliphatic carbocycles. The van der Waals surface area contributed by atoms with Crippen LogP contribution in [0.15, 0.2) is 41.1 Å². The van der Waals surface area contributed by atoms with Crippen molar-refractivity contribution >= 4 is 11.3 Å². The van der Waals surface area contributed by atoms with Crippen molar-refractivity contribution in [2.75, 3.05) is 20.2 Å². The van der Waals surface area contributed by atoms with E-state index < -0.39 is 11.7 Å². The Labute approximate surface area is 207 Å². The molecule has 3 heterocycles. The van der Waals surface area contributed by atoms with Crippen LogP contribution in [0.1, 0.15) is 56.2 Å². The molecule has 1 aromatic carbocycles. The van der Waals surface area contributed by atoms with E-state index in [-0.39, 0.29) is 17.3 Å². The average molecular weight is 484 g/mol. The van der Waals surface area contributed by atoms with Gasteiger partial charge in [-0.25, -0.2) is 0 Å². The van der Waals surface area contributed by atoms with Crippen molar-refractivity contribution in [2.45, 2.75) is 75.7 Å². The number of hydrogen-bond donors (Lipinski definition) is 2. The third kappa shape index (κ3) is 3.79. The number of rotatable bonds is 7. The summed E-state index contributed by atoms with van der Waals surface area (Å²) in [5, 5.41) is 26.2. The number of thiophene rings is 1. The van der Waals surface area contributed by atoms with Crippen molar-refractivity contribution in [3.05, 3.63) is 57.8 Å². The Morgan fingerprint density at radius 2 is 2.15 bits per heavy atom. The number of aryl methyl sites for hydroxylation is 1. The van der Waals surface area contributed by atoms with Crippen molar-refractivity contribution < 1.29 is 19.7 Å². The summed E-state index contributed by atoms with van der Waals surface area (Å²) in [5.41, 5.74) is 2.03. The van der Waals surface area contributed by atoms with Gasteiger partial charge in [0.05, 0.1) is 0 Å². The van der Waals surface area contributed by atoms with Gasteiger partial charge in [-0.05, 0) is 98.5 Å². The van der Waals surface area contributed by atoms with E-state index in [1.54, 1.807) is 31.4 Å². The highest BCUT2D eigenvalue weighted by Gasteiger charge is 2.58. The van der Waals surface area contributed by atoms with Gasteiger partial charge in [-0.1, -0.05) is 12.6 Å². The summed E-state index contributed by atoms with van der Waals surface area (Å²) in [4.78, 5) is 2.62. The summed E-state index contributed by atoms with van der Waals surface area (Å²) in [6.07, 6.45) is 3.60. The molecule has 1 saturated heterocycles. The number of benzene rings is 1. The van der Waals surface area contributed by atoms with Crippen molar-refractivity contribution in [1.29, 1.82) is 0 Å². The van der Waals surface area contributed by atoms with Gasteiger partial charge >= 0.3 is 0 Å². The van der Waals surface area contributed by atoms with Crippen LogP contribution >= 0.6 is 11.3 Å². The van der Waals surface area contributed by atoms with E-state index >= 15 is 0 Å². The van der Waals surface area contributed by atoms with E-state index in [2.05, 4.69) is 25.3 Å². The van der Waals surface area contributed by atoms with Crippen molar-refractivity contribution in [2.24, 2.45) is 5.92 Å². The zero-order chi connectivity index (χ0) is 24.3. The zero-order valence-corrected chi connectivity index (χ0v) is 21.5. The average Bonchev–Trinajstić information content (AvgIpc) is 3.31. The van der Waals surface area contributed by atoms with Crippen LogP contribution in [0.3, 0.4) is 0 Å². The van der Waals surface area contributed by atoms with Gasteiger partial charge in [-0.3, -0.25) is 0 Å². The third-order valence-electron chi connectivity index (χ3n) is 8.53. The van der Waals surface area contributed by atoms with Gasteiger partial charge in [0.15, 0.2) is 11.5 Å². The predicted molar refractivity (Wildman–Crippen MR) is 136 cm³/mol. The topological polar surface area (TPSA) is 62.2 Å². The van der Waals surface area contributed by atoms with E-state index in [0.29, 0.717) is 17.4 Å². The third-order valence-corrected chi connectivity index (χ3v) is 9.21. The summed E-state index contributed by atoms with van der Waals surface area (Å²) in [6, 6.07) is 6.02. The van der Waals surface area contributed by atoms with Gasteiger partial charge in [0.1, 0.15) is 17.8 Å². The monoisotopic (exact) mass is 483 g/mol. The fraction of sp³-hybridized carbons (Fsp3) is 0.571. The minimum absolute atomic E-state index is 0.167. The first-order chi connectivity index (χ1) is 16.2. The van der Waals surface area contributed by atoms with E-state index in [4.69, 9.17) is 9.47 Å². The number of phenolic OH excluding ortho intramolecular Hbond substituents is 1. The Kier molecular flexibility index (Phi) is 6.08. The molecule has 2 N–H and O–H groups in total. The Hall–Kier alpha value is -1.86. The van der Waals surface area contributed by atoms with Crippen molar-refractivity contribution in [3.8, 4) is 11.5 Å². The van der Waals surface area contributed by atoms with Gasteiger partial charge < -0.3 is 24.6 Å². The van der Waals surface area contributed by atoms with E-state index in [1.807, 2.05) is 22.9 Å². The lowest BCUT2D eigenvalue weighted by molar-refractivity contribution is -0.0495. The van der Waals surface area contributed by atoms with Crippen LogP contribution in [0.2, 0.25) is 0 Å². The first-order valence-electron chi connectivity index (χ1n) is 12.4. The summed E-state index contributed by atoms with van der Waals surface area (Å²) < 4.78 is 12.7. The quantitative estimate of drug-likeness (QED) is 0.535. The van der Waals surface area contributed by atoms with Gasteiger partial charge in [0.2, 0.25) is 0 Å². The maximum absolute atomic E-state index is 11.5. The molecule has 3 aliphatic rings. The van der Waals surface area contributed by atoms with E-state index in [0.717, 1.165) is 42.0 Å². The highest BCUT2D eigenvalue weighted by molar-refractivity contribution is 7.08. The van der Waals surface area contributed by atoms with Crippen LogP contribution < -0.4 is 4.74 Å². The molecule has 1 saturated carbocycles. The summed E-state index contributed by atoms with van der Waals surface area (Å²) in [7, 11) is 1.66. The normalized spacial score (nSPS) is 29.4. The fourth-order valence-electron chi connectivity index (χ4n) is 6.30. The van der Waals surface area contributed by atoms with Crippen molar-refractivity contribution in [3.63, 3.8) is 0 Å². The minimum Gasteiger partial charge on any atom is -0.504 e. The molecule has 5 rings (SSSR count). The molecule has 2 aliphatic heterocycles. The van der Waals surface area contributed by atoms with Crippen LogP contribution in [-0.2, 0) is 15.8 Å². The molecule has 2 unspecified atom stereocenters. The van der Waals surface area contributed by atoms with E-state index in [9.17, 15) is 10.2 Å². The Morgan fingerprint density at radius 3 is 2.76 bits per heavy atom. The molecule has 5 nitrogen and oxygen atoms in total. The van der Waals surface area contributed by atoms with E-state index in [1.165, 1.54) is 19.4 Å². The Bertz CT molecular complexity index is 1060.